The number of sulfonamides is 1. The summed E-state index contributed by atoms with van der Waals surface area (Å²) in [5.41, 5.74) is -1.38. The SMILES string of the molecule is CC(C)N(C)S(=O)(=O)c1cccc(C(=O)NC(C)(C)C(=O)O)c1. The van der Waals surface area contributed by atoms with Crippen molar-refractivity contribution in [3.8, 4) is 0 Å². The van der Waals surface area contributed by atoms with Crippen molar-refractivity contribution in [2.45, 2.75) is 44.2 Å². The minimum absolute atomic E-state index is 0.0190. The Morgan fingerprint density at radius 1 is 1.26 bits per heavy atom. The van der Waals surface area contributed by atoms with E-state index in [4.69, 9.17) is 5.11 Å². The van der Waals surface area contributed by atoms with Crippen LogP contribution in [0, 0.1) is 0 Å². The summed E-state index contributed by atoms with van der Waals surface area (Å²) in [5.74, 6) is -1.84. The summed E-state index contributed by atoms with van der Waals surface area (Å²) >= 11 is 0. The van der Waals surface area contributed by atoms with Gasteiger partial charge in [0.15, 0.2) is 0 Å². The maximum absolute atomic E-state index is 12.4. The second-order valence-corrected chi connectivity index (χ2v) is 8.02. The molecule has 0 heterocycles. The Kier molecular flexibility index (Phi) is 5.55. The van der Waals surface area contributed by atoms with Crippen LogP contribution in [0.3, 0.4) is 0 Å². The van der Waals surface area contributed by atoms with Gasteiger partial charge in [-0.1, -0.05) is 6.07 Å². The highest BCUT2D eigenvalue weighted by Crippen LogP contribution is 2.18. The van der Waals surface area contributed by atoms with Crippen LogP contribution in [-0.2, 0) is 14.8 Å². The predicted octanol–water partition coefficient (Wildman–Crippen LogP) is 1.31. The number of carbonyl (C=O) groups excluding carboxylic acids is 1. The van der Waals surface area contributed by atoms with Gasteiger partial charge in [0.25, 0.3) is 5.91 Å². The molecule has 0 bridgehead atoms. The molecule has 0 unspecified atom stereocenters. The molecule has 0 aliphatic carbocycles. The van der Waals surface area contributed by atoms with E-state index in [1.165, 1.54) is 49.5 Å². The molecule has 128 valence electrons. The number of aliphatic carboxylic acids is 1. The molecular weight excluding hydrogens is 320 g/mol. The molecule has 0 spiro atoms. The van der Waals surface area contributed by atoms with Gasteiger partial charge in [-0.25, -0.2) is 13.2 Å². The van der Waals surface area contributed by atoms with E-state index in [0.717, 1.165) is 0 Å². The number of hydrogen-bond acceptors (Lipinski definition) is 4. The van der Waals surface area contributed by atoms with Gasteiger partial charge in [0.05, 0.1) is 4.90 Å². The number of carboxylic acid groups (broad SMARTS) is 1. The molecule has 1 amide bonds. The zero-order chi connectivity index (χ0) is 18.0. The Hall–Kier alpha value is -1.93. The summed E-state index contributed by atoms with van der Waals surface area (Å²) in [7, 11) is -2.26. The Morgan fingerprint density at radius 2 is 1.83 bits per heavy atom. The van der Waals surface area contributed by atoms with Gasteiger partial charge < -0.3 is 10.4 Å². The molecule has 1 aromatic carbocycles. The summed E-state index contributed by atoms with van der Waals surface area (Å²) in [6.07, 6.45) is 0. The second kappa shape index (κ2) is 6.67. The average molecular weight is 342 g/mol. The highest BCUT2D eigenvalue weighted by Gasteiger charge is 2.30. The van der Waals surface area contributed by atoms with Crippen LogP contribution in [0.15, 0.2) is 29.2 Å². The number of amides is 1. The van der Waals surface area contributed by atoms with Crippen molar-refractivity contribution in [1.82, 2.24) is 9.62 Å². The van der Waals surface area contributed by atoms with Crippen LogP contribution in [-0.4, -0.2) is 48.3 Å². The molecule has 0 fully saturated rings. The molecule has 2 N–H and O–H groups in total. The molecule has 7 nitrogen and oxygen atoms in total. The minimum Gasteiger partial charge on any atom is -0.480 e. The van der Waals surface area contributed by atoms with Gasteiger partial charge >= 0.3 is 5.97 Å². The topological polar surface area (TPSA) is 104 Å². The summed E-state index contributed by atoms with van der Waals surface area (Å²) < 4.78 is 26.1. The second-order valence-electron chi connectivity index (χ2n) is 6.03. The third-order valence-electron chi connectivity index (χ3n) is 3.46. The zero-order valence-electron chi connectivity index (χ0n) is 13.8. The number of nitrogens with one attached hydrogen (secondary N) is 1. The van der Waals surface area contributed by atoms with Crippen molar-refractivity contribution >= 4 is 21.9 Å². The van der Waals surface area contributed by atoms with Gasteiger partial charge in [-0.05, 0) is 45.9 Å². The molecule has 0 atom stereocenters. The molecule has 0 aromatic heterocycles. The van der Waals surface area contributed by atoms with E-state index in [2.05, 4.69) is 5.32 Å². The van der Waals surface area contributed by atoms with Crippen molar-refractivity contribution in [2.75, 3.05) is 7.05 Å². The molecule has 0 aliphatic rings. The standard InChI is InChI=1S/C15H22N2O5S/c1-10(2)17(5)23(21,22)12-8-6-7-11(9-12)13(18)16-15(3,4)14(19)20/h6-10H,1-5H3,(H,16,18)(H,19,20). The Balaban J connectivity index is 3.16. The maximum atomic E-state index is 12.4. The van der Waals surface area contributed by atoms with Gasteiger partial charge in [0.2, 0.25) is 10.0 Å². The fourth-order valence-corrected chi connectivity index (χ4v) is 3.07. The lowest BCUT2D eigenvalue weighted by atomic mass is 10.1. The Bertz CT molecular complexity index is 710. The molecule has 0 radical (unpaired) electrons. The Labute approximate surface area is 136 Å². The van der Waals surface area contributed by atoms with Gasteiger partial charge in [0, 0.05) is 18.7 Å². The summed E-state index contributed by atoms with van der Waals surface area (Å²) in [5, 5.41) is 11.4. The number of carboxylic acids is 1. The van der Waals surface area contributed by atoms with E-state index in [1.54, 1.807) is 13.8 Å². The van der Waals surface area contributed by atoms with E-state index in [-0.39, 0.29) is 16.5 Å². The van der Waals surface area contributed by atoms with Gasteiger partial charge in [-0.15, -0.1) is 0 Å². The third-order valence-corrected chi connectivity index (χ3v) is 5.49. The third kappa shape index (κ3) is 4.29. The van der Waals surface area contributed by atoms with Crippen LogP contribution in [0.1, 0.15) is 38.1 Å². The number of nitrogens with zero attached hydrogens (tertiary/aromatic N) is 1. The van der Waals surface area contributed by atoms with Gasteiger partial charge in [-0.3, -0.25) is 4.79 Å². The summed E-state index contributed by atoms with van der Waals surface area (Å²) in [6.45, 7) is 6.17. The lowest BCUT2D eigenvalue weighted by molar-refractivity contribution is -0.143. The average Bonchev–Trinajstić information content (AvgIpc) is 2.45. The molecule has 23 heavy (non-hydrogen) atoms. The van der Waals surface area contributed by atoms with E-state index < -0.39 is 27.4 Å². The fraction of sp³-hybridized carbons (Fsp3) is 0.467. The highest BCUT2D eigenvalue weighted by atomic mass is 32.2. The number of carbonyl (C=O) groups is 2. The van der Waals surface area contributed by atoms with Gasteiger partial charge in [-0.2, -0.15) is 4.31 Å². The lowest BCUT2D eigenvalue weighted by Crippen LogP contribution is -2.49. The number of rotatable bonds is 6. The normalized spacial score (nSPS) is 12.5. The smallest absolute Gasteiger partial charge is 0.328 e. The van der Waals surface area contributed by atoms with Gasteiger partial charge in [0.1, 0.15) is 5.54 Å². The van der Waals surface area contributed by atoms with Crippen molar-refractivity contribution < 1.29 is 23.1 Å². The molecule has 0 aliphatic heterocycles. The van der Waals surface area contributed by atoms with Crippen molar-refractivity contribution in [3.05, 3.63) is 29.8 Å². The fourth-order valence-electron chi connectivity index (χ4n) is 1.65. The molecule has 0 saturated heterocycles. The first kappa shape index (κ1) is 19.1. The van der Waals surface area contributed by atoms with Crippen LogP contribution in [0.2, 0.25) is 0 Å². The minimum atomic E-state index is -3.72. The largest absolute Gasteiger partial charge is 0.480 e. The molecule has 8 heteroatoms. The molecule has 0 saturated carbocycles. The van der Waals surface area contributed by atoms with Crippen LogP contribution < -0.4 is 5.32 Å². The first-order valence-electron chi connectivity index (χ1n) is 7.03. The van der Waals surface area contributed by atoms with Crippen LogP contribution in [0.4, 0.5) is 0 Å². The van der Waals surface area contributed by atoms with Crippen LogP contribution in [0.25, 0.3) is 0 Å². The first-order valence-corrected chi connectivity index (χ1v) is 8.47. The monoisotopic (exact) mass is 342 g/mol. The van der Waals surface area contributed by atoms with E-state index in [1.807, 2.05) is 0 Å². The summed E-state index contributed by atoms with van der Waals surface area (Å²) in [4.78, 5) is 23.2. The molecular formula is C15H22N2O5S. The highest BCUT2D eigenvalue weighted by molar-refractivity contribution is 7.89. The molecule has 1 rings (SSSR count). The number of hydrogen-bond donors (Lipinski definition) is 2. The lowest BCUT2D eigenvalue weighted by Gasteiger charge is -2.22. The maximum Gasteiger partial charge on any atom is 0.328 e. The van der Waals surface area contributed by atoms with Crippen LogP contribution >= 0.6 is 0 Å². The van der Waals surface area contributed by atoms with E-state index >= 15 is 0 Å². The Morgan fingerprint density at radius 3 is 2.30 bits per heavy atom. The van der Waals surface area contributed by atoms with Crippen molar-refractivity contribution in [1.29, 1.82) is 0 Å². The zero-order valence-corrected chi connectivity index (χ0v) is 14.6. The molecule has 1 aromatic rings. The predicted molar refractivity (Wildman–Crippen MR) is 85.7 cm³/mol. The van der Waals surface area contributed by atoms with E-state index in [0.29, 0.717) is 0 Å². The first-order chi connectivity index (χ1) is 10.4. The summed E-state index contributed by atoms with van der Waals surface area (Å²) in [6, 6.07) is 5.28. The van der Waals surface area contributed by atoms with Crippen LogP contribution in [0.5, 0.6) is 0 Å². The quantitative estimate of drug-likeness (QED) is 0.811. The van der Waals surface area contributed by atoms with Crippen molar-refractivity contribution in [2.24, 2.45) is 0 Å². The van der Waals surface area contributed by atoms with Crippen molar-refractivity contribution in [3.63, 3.8) is 0 Å². The number of benzene rings is 1. The van der Waals surface area contributed by atoms with E-state index in [9.17, 15) is 18.0 Å².